The molecule has 1 heterocycles. The average molecular weight is 418 g/mol. The Morgan fingerprint density at radius 1 is 1.25 bits per heavy atom. The first-order valence-electron chi connectivity index (χ1n) is 8.56. The maximum atomic E-state index is 12.6. The van der Waals surface area contributed by atoms with Crippen LogP contribution in [-0.2, 0) is 4.79 Å². The van der Waals surface area contributed by atoms with E-state index in [2.05, 4.69) is 20.8 Å². The number of carbonyl (C=O) groups excluding carboxylic acids is 1. The fourth-order valence-corrected chi connectivity index (χ4v) is 3.61. The summed E-state index contributed by atoms with van der Waals surface area (Å²) in [6, 6.07) is 11.2. The third kappa shape index (κ3) is 4.45. The van der Waals surface area contributed by atoms with Gasteiger partial charge in [-0.05, 0) is 66.6 Å². The number of rotatable bonds is 6. The molecule has 28 heavy (non-hydrogen) atoms. The zero-order chi connectivity index (χ0) is 20.3. The first kappa shape index (κ1) is 20.2. The molecule has 9 heteroatoms. The van der Waals surface area contributed by atoms with E-state index in [0.717, 1.165) is 16.8 Å². The highest BCUT2D eigenvalue weighted by Crippen LogP contribution is 2.29. The van der Waals surface area contributed by atoms with Gasteiger partial charge in [0.25, 0.3) is 0 Å². The summed E-state index contributed by atoms with van der Waals surface area (Å²) in [6.07, 6.45) is 0. The molecule has 3 rings (SSSR count). The molecule has 3 aromatic rings. The van der Waals surface area contributed by atoms with Crippen molar-refractivity contribution < 1.29 is 9.53 Å². The highest BCUT2D eigenvalue weighted by Gasteiger charge is 2.20. The predicted molar refractivity (Wildman–Crippen MR) is 111 cm³/mol. The van der Waals surface area contributed by atoms with Crippen LogP contribution in [0.4, 0.5) is 5.69 Å². The van der Waals surface area contributed by atoms with Crippen molar-refractivity contribution in [3.8, 4) is 11.4 Å². The van der Waals surface area contributed by atoms with Gasteiger partial charge in [-0.2, -0.15) is 4.68 Å². The monoisotopic (exact) mass is 417 g/mol. The van der Waals surface area contributed by atoms with E-state index in [1.807, 2.05) is 32.0 Å². The molecule has 1 N–H and O–H groups in total. The lowest BCUT2D eigenvalue weighted by Gasteiger charge is -2.13. The van der Waals surface area contributed by atoms with Crippen LogP contribution >= 0.6 is 23.4 Å². The number of aromatic nitrogens is 4. The van der Waals surface area contributed by atoms with Crippen LogP contribution in [0.5, 0.6) is 5.75 Å². The molecular formula is C19H20ClN5O2S. The number of nitrogens with one attached hydrogen (secondary N) is 1. The summed E-state index contributed by atoms with van der Waals surface area (Å²) in [6.45, 7) is 5.80. The lowest BCUT2D eigenvalue weighted by molar-refractivity contribution is -0.115. The highest BCUT2D eigenvalue weighted by atomic mass is 35.5. The molecule has 7 nitrogen and oxygen atoms in total. The number of aryl methyl sites for hydroxylation is 2. The van der Waals surface area contributed by atoms with Gasteiger partial charge in [-0.3, -0.25) is 4.79 Å². The van der Waals surface area contributed by atoms with E-state index >= 15 is 0 Å². The number of anilines is 1. The molecule has 0 unspecified atom stereocenters. The number of benzene rings is 2. The fourth-order valence-electron chi connectivity index (χ4n) is 2.55. The molecule has 0 bridgehead atoms. The Labute approximate surface area is 172 Å². The van der Waals surface area contributed by atoms with Crippen LogP contribution in [0.3, 0.4) is 0 Å². The topological polar surface area (TPSA) is 81.9 Å². The van der Waals surface area contributed by atoms with Gasteiger partial charge in [0.1, 0.15) is 5.75 Å². The number of hydrogen-bond donors (Lipinski definition) is 1. The maximum absolute atomic E-state index is 12.6. The summed E-state index contributed by atoms with van der Waals surface area (Å²) in [5, 5.41) is 15.3. The summed E-state index contributed by atoms with van der Waals surface area (Å²) in [5.41, 5.74) is 3.64. The van der Waals surface area contributed by atoms with Crippen LogP contribution in [-0.4, -0.2) is 38.5 Å². The Bertz CT molecular complexity index is 1010. The largest absolute Gasteiger partial charge is 0.495 e. The van der Waals surface area contributed by atoms with Crippen LogP contribution in [0.2, 0.25) is 5.02 Å². The zero-order valence-corrected chi connectivity index (χ0v) is 17.5. The Hall–Kier alpha value is -2.58. The van der Waals surface area contributed by atoms with Crippen molar-refractivity contribution in [3.63, 3.8) is 0 Å². The Morgan fingerprint density at radius 3 is 2.75 bits per heavy atom. The van der Waals surface area contributed by atoms with Crippen LogP contribution in [0.1, 0.15) is 18.1 Å². The standard InChI is InChI=1S/C19H20ClN5O2S/c1-11-5-6-12(2)16(9-11)25-19(22-23-24-25)28-13(3)18(26)21-14-7-8-17(27-4)15(20)10-14/h5-10,13H,1-4H3,(H,21,26)/t13-/m0/s1. The molecule has 0 aliphatic rings. The second kappa shape index (κ2) is 8.62. The quantitative estimate of drug-likeness (QED) is 0.609. The molecule has 0 fully saturated rings. The number of tetrazole rings is 1. The third-order valence-electron chi connectivity index (χ3n) is 4.10. The molecule has 0 aliphatic heterocycles. The van der Waals surface area contributed by atoms with Gasteiger partial charge in [-0.15, -0.1) is 5.10 Å². The molecule has 2 aromatic carbocycles. The molecular weight excluding hydrogens is 398 g/mol. The van der Waals surface area contributed by atoms with E-state index in [1.165, 1.54) is 18.9 Å². The summed E-state index contributed by atoms with van der Waals surface area (Å²) in [5.74, 6) is 0.372. The molecule has 0 saturated carbocycles. The van der Waals surface area contributed by atoms with Gasteiger partial charge >= 0.3 is 0 Å². The lowest BCUT2D eigenvalue weighted by Crippen LogP contribution is -2.23. The van der Waals surface area contributed by atoms with Crippen LogP contribution in [0.15, 0.2) is 41.6 Å². The van der Waals surface area contributed by atoms with Crippen molar-refractivity contribution >= 4 is 35.0 Å². The van der Waals surface area contributed by atoms with Gasteiger partial charge < -0.3 is 10.1 Å². The summed E-state index contributed by atoms with van der Waals surface area (Å²) >= 11 is 7.40. The molecule has 0 aliphatic carbocycles. The van der Waals surface area contributed by atoms with E-state index in [4.69, 9.17) is 16.3 Å². The predicted octanol–water partition coefficient (Wildman–Crippen LogP) is 4.06. The average Bonchev–Trinajstić information content (AvgIpc) is 3.11. The molecule has 0 spiro atoms. The maximum Gasteiger partial charge on any atom is 0.237 e. The van der Waals surface area contributed by atoms with E-state index in [9.17, 15) is 4.79 Å². The van der Waals surface area contributed by atoms with Crippen molar-refractivity contribution in [2.24, 2.45) is 0 Å². The van der Waals surface area contributed by atoms with E-state index in [0.29, 0.717) is 21.6 Å². The summed E-state index contributed by atoms with van der Waals surface area (Å²) in [4.78, 5) is 12.6. The minimum atomic E-state index is -0.421. The van der Waals surface area contributed by atoms with Gasteiger partial charge in [-0.25, -0.2) is 0 Å². The number of amides is 1. The number of carbonyl (C=O) groups is 1. The van der Waals surface area contributed by atoms with Crippen LogP contribution in [0.25, 0.3) is 5.69 Å². The second-order valence-corrected chi connectivity index (χ2v) is 7.98. The number of nitrogens with zero attached hydrogens (tertiary/aromatic N) is 4. The zero-order valence-electron chi connectivity index (χ0n) is 15.9. The summed E-state index contributed by atoms with van der Waals surface area (Å²) in [7, 11) is 1.54. The van der Waals surface area contributed by atoms with Crippen molar-refractivity contribution in [1.82, 2.24) is 20.2 Å². The number of ether oxygens (including phenoxy) is 1. The Morgan fingerprint density at radius 2 is 2.04 bits per heavy atom. The number of hydrogen-bond acceptors (Lipinski definition) is 6. The molecule has 146 valence electrons. The third-order valence-corrected chi connectivity index (χ3v) is 5.43. The number of halogens is 1. The number of thioether (sulfide) groups is 1. The van der Waals surface area contributed by atoms with E-state index < -0.39 is 5.25 Å². The van der Waals surface area contributed by atoms with Crippen molar-refractivity contribution in [1.29, 1.82) is 0 Å². The Kier molecular flexibility index (Phi) is 6.21. The van der Waals surface area contributed by atoms with E-state index in [-0.39, 0.29) is 5.91 Å². The second-order valence-electron chi connectivity index (χ2n) is 6.26. The van der Waals surface area contributed by atoms with Gasteiger partial charge in [0.2, 0.25) is 11.1 Å². The minimum absolute atomic E-state index is 0.179. The van der Waals surface area contributed by atoms with E-state index in [1.54, 1.807) is 29.8 Å². The lowest BCUT2D eigenvalue weighted by atomic mass is 10.1. The van der Waals surface area contributed by atoms with Gasteiger partial charge in [-0.1, -0.05) is 35.5 Å². The van der Waals surface area contributed by atoms with Gasteiger partial charge in [0, 0.05) is 5.69 Å². The van der Waals surface area contributed by atoms with Crippen LogP contribution < -0.4 is 10.1 Å². The fraction of sp³-hybridized carbons (Fsp3) is 0.263. The molecule has 0 radical (unpaired) electrons. The van der Waals surface area contributed by atoms with Crippen molar-refractivity contribution in [3.05, 3.63) is 52.5 Å². The highest BCUT2D eigenvalue weighted by molar-refractivity contribution is 8.00. The SMILES string of the molecule is COc1ccc(NC(=O)[C@H](C)Sc2nnnn2-c2cc(C)ccc2C)cc1Cl. The van der Waals surface area contributed by atoms with Gasteiger partial charge in [0.05, 0.1) is 23.1 Å². The van der Waals surface area contributed by atoms with Crippen LogP contribution in [0, 0.1) is 13.8 Å². The first-order valence-corrected chi connectivity index (χ1v) is 9.82. The normalized spacial score (nSPS) is 11.9. The molecule has 1 amide bonds. The first-order chi connectivity index (χ1) is 13.4. The summed E-state index contributed by atoms with van der Waals surface area (Å²) < 4.78 is 6.78. The Balaban J connectivity index is 1.74. The molecule has 0 saturated heterocycles. The van der Waals surface area contributed by atoms with Gasteiger partial charge in [0.15, 0.2) is 0 Å². The van der Waals surface area contributed by atoms with Crippen molar-refractivity contribution in [2.45, 2.75) is 31.2 Å². The van der Waals surface area contributed by atoms with Crippen molar-refractivity contribution in [2.75, 3.05) is 12.4 Å². The number of methoxy groups -OCH3 is 1. The smallest absolute Gasteiger partial charge is 0.237 e. The molecule has 1 atom stereocenters. The molecule has 1 aromatic heterocycles. The minimum Gasteiger partial charge on any atom is -0.495 e.